The van der Waals surface area contributed by atoms with Crippen LogP contribution in [0.15, 0.2) is 23.5 Å². The van der Waals surface area contributed by atoms with Crippen molar-refractivity contribution in [1.82, 2.24) is 24.3 Å². The molecule has 1 N–H and O–H groups in total. The van der Waals surface area contributed by atoms with E-state index in [4.69, 9.17) is 11.6 Å². The monoisotopic (exact) mass is 367 g/mol. The first-order valence-corrected chi connectivity index (χ1v) is 8.56. The van der Waals surface area contributed by atoms with Crippen molar-refractivity contribution >= 4 is 21.6 Å². The van der Waals surface area contributed by atoms with Gasteiger partial charge in [-0.05, 0) is 12.8 Å². The maximum Gasteiger partial charge on any atom is 0.333 e. The van der Waals surface area contributed by atoms with Crippen LogP contribution in [0.4, 0.5) is 8.78 Å². The minimum Gasteiger partial charge on any atom is -0.271 e. The fourth-order valence-corrected chi connectivity index (χ4v) is 3.50. The summed E-state index contributed by atoms with van der Waals surface area (Å²) in [6, 6.07) is 0. The number of hydrogen-bond acceptors (Lipinski definition) is 4. The molecule has 0 unspecified atom stereocenters. The lowest BCUT2D eigenvalue weighted by Crippen LogP contribution is -2.30. The van der Waals surface area contributed by atoms with Crippen molar-refractivity contribution in [2.24, 2.45) is 5.92 Å². The summed E-state index contributed by atoms with van der Waals surface area (Å²) in [5.41, 5.74) is -0.112. The van der Waals surface area contributed by atoms with Crippen molar-refractivity contribution in [2.75, 3.05) is 6.54 Å². The van der Waals surface area contributed by atoms with Gasteiger partial charge >= 0.3 is 6.55 Å². The maximum absolute atomic E-state index is 12.7. The largest absolute Gasteiger partial charge is 0.333 e. The Kier molecular flexibility index (Phi) is 5.37. The zero-order chi connectivity index (χ0) is 17.2. The minimum absolute atomic E-state index is 0.0776. The molecule has 2 rings (SSSR count). The molecule has 0 aliphatic heterocycles. The fourth-order valence-electron chi connectivity index (χ4n) is 2.02. The van der Waals surface area contributed by atoms with Crippen LogP contribution >= 0.6 is 11.6 Å². The average molecular weight is 368 g/mol. The number of nitrogens with zero attached hydrogens (tertiary/aromatic N) is 4. The normalized spacial score (nSPS) is 13.7. The Bertz CT molecular complexity index is 774. The third-order valence-electron chi connectivity index (χ3n) is 3.20. The molecule has 0 saturated carbocycles. The van der Waals surface area contributed by atoms with Crippen LogP contribution in [0.25, 0.3) is 0 Å². The molecule has 0 bridgehead atoms. The predicted octanol–water partition coefficient (Wildman–Crippen LogP) is 2.05. The maximum atomic E-state index is 12.7. The molecule has 7 nitrogen and oxygen atoms in total. The van der Waals surface area contributed by atoms with E-state index < -0.39 is 16.6 Å². The van der Waals surface area contributed by atoms with Crippen LogP contribution in [-0.2, 0) is 16.6 Å². The SMILES string of the molecule is Cc1c(S(=O)(=O)NC[C@H](C)Cn2cc(Cl)cn2)cnn1C(F)F. The molecule has 2 aromatic rings. The first-order chi connectivity index (χ1) is 10.7. The van der Waals surface area contributed by atoms with Gasteiger partial charge in [-0.25, -0.2) is 17.8 Å². The number of hydrogen-bond donors (Lipinski definition) is 1. The van der Waals surface area contributed by atoms with Gasteiger partial charge in [0.2, 0.25) is 10.0 Å². The first-order valence-electron chi connectivity index (χ1n) is 6.70. The summed E-state index contributed by atoms with van der Waals surface area (Å²) in [6.45, 7) is 0.808. The number of sulfonamides is 1. The van der Waals surface area contributed by atoms with Gasteiger partial charge in [-0.15, -0.1) is 0 Å². The summed E-state index contributed by atoms with van der Waals surface area (Å²) in [6.07, 6.45) is 4.03. The lowest BCUT2D eigenvalue weighted by molar-refractivity contribution is 0.0541. The standard InChI is InChI=1S/C12H16ClF2N5O2S/c1-8(6-19-7-10(13)4-16-19)3-18-23(21,22)11-5-17-20(9(11)2)12(14)15/h4-5,7-8,12,18H,3,6H2,1-2H3/t8-/m0/s1. The summed E-state index contributed by atoms with van der Waals surface area (Å²) in [5.74, 6) is -0.0776. The van der Waals surface area contributed by atoms with Crippen molar-refractivity contribution in [1.29, 1.82) is 0 Å². The molecule has 0 spiro atoms. The highest BCUT2D eigenvalue weighted by Gasteiger charge is 2.23. The molecular weight excluding hydrogens is 352 g/mol. The van der Waals surface area contributed by atoms with Gasteiger partial charge in [-0.1, -0.05) is 18.5 Å². The zero-order valence-electron chi connectivity index (χ0n) is 12.4. The lowest BCUT2D eigenvalue weighted by Gasteiger charge is -2.13. The smallest absolute Gasteiger partial charge is 0.271 e. The number of alkyl halides is 2. The molecule has 23 heavy (non-hydrogen) atoms. The van der Waals surface area contributed by atoms with Crippen molar-refractivity contribution < 1.29 is 17.2 Å². The third-order valence-corrected chi connectivity index (χ3v) is 4.92. The van der Waals surface area contributed by atoms with Gasteiger partial charge in [0.05, 0.1) is 23.1 Å². The van der Waals surface area contributed by atoms with Gasteiger partial charge in [-0.2, -0.15) is 19.0 Å². The molecule has 0 amide bonds. The molecule has 0 saturated heterocycles. The summed E-state index contributed by atoms with van der Waals surface area (Å²) < 4.78 is 54.1. The van der Waals surface area contributed by atoms with E-state index in [1.54, 1.807) is 10.9 Å². The Morgan fingerprint density at radius 1 is 1.35 bits per heavy atom. The van der Waals surface area contributed by atoms with Gasteiger partial charge in [0.25, 0.3) is 0 Å². The zero-order valence-corrected chi connectivity index (χ0v) is 14.0. The van der Waals surface area contributed by atoms with E-state index in [1.807, 2.05) is 6.92 Å². The van der Waals surface area contributed by atoms with Gasteiger partial charge in [0.15, 0.2) is 0 Å². The second-order valence-electron chi connectivity index (χ2n) is 5.15. The van der Waals surface area contributed by atoms with Gasteiger partial charge in [0.1, 0.15) is 4.90 Å². The van der Waals surface area contributed by atoms with Crippen LogP contribution in [0.3, 0.4) is 0 Å². The number of rotatable bonds is 7. The van der Waals surface area contributed by atoms with Crippen molar-refractivity contribution in [3.63, 3.8) is 0 Å². The molecule has 0 aliphatic rings. The number of aromatic nitrogens is 4. The molecule has 11 heteroatoms. The first kappa shape index (κ1) is 17.8. The number of halogens is 3. The topological polar surface area (TPSA) is 81.8 Å². The van der Waals surface area contributed by atoms with Crippen molar-refractivity contribution in [3.05, 3.63) is 29.3 Å². The molecule has 0 fully saturated rings. The van der Waals surface area contributed by atoms with Crippen LogP contribution in [0.5, 0.6) is 0 Å². The fraction of sp³-hybridized carbons (Fsp3) is 0.500. The average Bonchev–Trinajstić information content (AvgIpc) is 3.03. The van der Waals surface area contributed by atoms with Crippen LogP contribution in [0.2, 0.25) is 5.02 Å². The Hall–Kier alpha value is -1.52. The molecule has 128 valence electrons. The van der Waals surface area contributed by atoms with Crippen LogP contribution < -0.4 is 4.72 Å². The van der Waals surface area contributed by atoms with E-state index in [-0.39, 0.29) is 23.1 Å². The molecule has 2 heterocycles. The Morgan fingerprint density at radius 2 is 2.04 bits per heavy atom. The highest BCUT2D eigenvalue weighted by atomic mass is 35.5. The summed E-state index contributed by atoms with van der Waals surface area (Å²) >= 11 is 5.75. The van der Waals surface area contributed by atoms with Crippen LogP contribution in [0.1, 0.15) is 19.2 Å². The van der Waals surface area contributed by atoms with E-state index in [0.717, 1.165) is 6.20 Å². The van der Waals surface area contributed by atoms with Crippen molar-refractivity contribution in [3.8, 4) is 0 Å². The lowest BCUT2D eigenvalue weighted by atomic mass is 10.2. The van der Waals surface area contributed by atoms with E-state index in [1.165, 1.54) is 13.1 Å². The second-order valence-corrected chi connectivity index (χ2v) is 7.33. The Labute approximate surface area is 137 Å². The molecule has 1 atom stereocenters. The van der Waals surface area contributed by atoms with Gasteiger partial charge in [0, 0.05) is 19.3 Å². The van der Waals surface area contributed by atoms with E-state index in [2.05, 4.69) is 14.9 Å². The van der Waals surface area contributed by atoms with Gasteiger partial charge < -0.3 is 0 Å². The highest BCUT2D eigenvalue weighted by Crippen LogP contribution is 2.19. The summed E-state index contributed by atoms with van der Waals surface area (Å²) in [4.78, 5) is -0.257. The Morgan fingerprint density at radius 3 is 2.57 bits per heavy atom. The van der Waals surface area contributed by atoms with Crippen LogP contribution in [-0.4, -0.2) is 34.5 Å². The predicted molar refractivity (Wildman–Crippen MR) is 79.8 cm³/mol. The molecular formula is C12H16ClF2N5O2S. The van der Waals surface area contributed by atoms with E-state index in [9.17, 15) is 17.2 Å². The van der Waals surface area contributed by atoms with Gasteiger partial charge in [-0.3, -0.25) is 4.68 Å². The number of nitrogens with one attached hydrogen (secondary N) is 1. The minimum atomic E-state index is -3.91. The second kappa shape index (κ2) is 6.93. The highest BCUT2D eigenvalue weighted by molar-refractivity contribution is 7.89. The van der Waals surface area contributed by atoms with E-state index >= 15 is 0 Å². The van der Waals surface area contributed by atoms with Crippen LogP contribution in [0, 0.1) is 12.8 Å². The van der Waals surface area contributed by atoms with E-state index in [0.29, 0.717) is 16.2 Å². The Balaban J connectivity index is 2.01. The van der Waals surface area contributed by atoms with Crippen molar-refractivity contribution in [2.45, 2.75) is 31.8 Å². The third kappa shape index (κ3) is 4.27. The summed E-state index contributed by atoms with van der Waals surface area (Å²) in [7, 11) is -3.91. The molecule has 0 aliphatic carbocycles. The quantitative estimate of drug-likeness (QED) is 0.812. The molecule has 2 aromatic heterocycles. The molecule has 0 aromatic carbocycles. The molecule has 0 radical (unpaired) electrons. The summed E-state index contributed by atoms with van der Waals surface area (Å²) in [5, 5.41) is 7.90.